The van der Waals surface area contributed by atoms with Crippen molar-refractivity contribution in [3.63, 3.8) is 0 Å². The van der Waals surface area contributed by atoms with E-state index in [-0.39, 0.29) is 0 Å². The van der Waals surface area contributed by atoms with Crippen molar-refractivity contribution >= 4 is 23.0 Å². The second-order valence-electron chi connectivity index (χ2n) is 5.51. The summed E-state index contributed by atoms with van der Waals surface area (Å²) < 4.78 is 7.52. The van der Waals surface area contributed by atoms with Gasteiger partial charge < -0.3 is 14.4 Å². The Balaban J connectivity index is 2.00. The van der Waals surface area contributed by atoms with E-state index in [1.54, 1.807) is 12.1 Å². The van der Waals surface area contributed by atoms with E-state index >= 15 is 0 Å². The Morgan fingerprint density at radius 1 is 1.16 bits per heavy atom. The number of thiazole rings is 1. The van der Waals surface area contributed by atoms with Crippen molar-refractivity contribution in [2.75, 3.05) is 0 Å². The Kier molecular flexibility index (Phi) is 5.00. The van der Waals surface area contributed by atoms with E-state index in [1.165, 1.54) is 18.3 Å². The lowest BCUT2D eigenvalue weighted by Crippen LogP contribution is -2.23. The molecule has 2 aromatic carbocycles. The minimum atomic E-state index is -1.01. The zero-order chi connectivity index (χ0) is 17.8. The van der Waals surface area contributed by atoms with Gasteiger partial charge >= 0.3 is 5.97 Å². The smallest absolute Gasteiger partial charge is 0.344 e. The predicted molar refractivity (Wildman–Crippen MR) is 98.1 cm³/mol. The van der Waals surface area contributed by atoms with Crippen LogP contribution in [0.2, 0.25) is 0 Å². The van der Waals surface area contributed by atoms with E-state index in [9.17, 15) is 4.79 Å². The molecule has 1 N–H and O–H groups in total. The predicted octanol–water partition coefficient (Wildman–Crippen LogP) is 3.84. The van der Waals surface area contributed by atoms with Gasteiger partial charge in [-0.15, -0.1) is 11.3 Å². The summed E-state index contributed by atoms with van der Waals surface area (Å²) in [5.41, 5.74) is 2.79. The van der Waals surface area contributed by atoms with Gasteiger partial charge in [0.15, 0.2) is 10.9 Å². The number of rotatable bonds is 5. The molecule has 1 aromatic heterocycles. The van der Waals surface area contributed by atoms with Crippen molar-refractivity contribution in [1.82, 2.24) is 4.57 Å². The lowest BCUT2D eigenvalue weighted by molar-refractivity contribution is -0.144. The highest BCUT2D eigenvalue weighted by Crippen LogP contribution is 2.28. The highest BCUT2D eigenvalue weighted by molar-refractivity contribution is 7.07. The first-order chi connectivity index (χ1) is 12.1. The second-order valence-corrected chi connectivity index (χ2v) is 6.34. The summed E-state index contributed by atoms with van der Waals surface area (Å²) in [5.74, 6) is -0.560. The molecular formula is C19H18N2O3S. The highest BCUT2D eigenvalue weighted by Gasteiger charge is 2.14. The first-order valence-electron chi connectivity index (χ1n) is 7.79. The maximum absolute atomic E-state index is 11.0. The summed E-state index contributed by atoms with van der Waals surface area (Å²) in [7, 11) is 1.96. The molecule has 0 fully saturated rings. The average molecular weight is 354 g/mol. The molecule has 0 saturated carbocycles. The zero-order valence-corrected chi connectivity index (χ0v) is 14.7. The standard InChI is InChI=1S/C19H18N2O3S/c1-13(18(22)23)24-17-11-7-6-10-15(17)20-19-21(2)16(12-25-19)14-8-4-3-5-9-14/h3-13H,1-2H3,(H,22,23). The number of benzene rings is 2. The van der Waals surface area contributed by atoms with E-state index < -0.39 is 12.1 Å². The van der Waals surface area contributed by atoms with Gasteiger partial charge in [0.25, 0.3) is 0 Å². The van der Waals surface area contributed by atoms with Gasteiger partial charge in [0.05, 0.1) is 5.69 Å². The van der Waals surface area contributed by atoms with Crippen LogP contribution in [0, 0.1) is 0 Å². The van der Waals surface area contributed by atoms with Crippen LogP contribution in [0.4, 0.5) is 5.69 Å². The molecule has 0 spiro atoms. The fourth-order valence-electron chi connectivity index (χ4n) is 2.33. The molecule has 0 radical (unpaired) electrons. The summed E-state index contributed by atoms with van der Waals surface area (Å²) in [6, 6.07) is 17.3. The van der Waals surface area contributed by atoms with Crippen LogP contribution in [0.15, 0.2) is 65.0 Å². The zero-order valence-electron chi connectivity index (χ0n) is 13.9. The van der Waals surface area contributed by atoms with Crippen LogP contribution < -0.4 is 9.54 Å². The Morgan fingerprint density at radius 2 is 1.84 bits per heavy atom. The highest BCUT2D eigenvalue weighted by atomic mass is 32.1. The monoisotopic (exact) mass is 354 g/mol. The minimum absolute atomic E-state index is 0.451. The molecule has 3 rings (SSSR count). The maximum Gasteiger partial charge on any atom is 0.344 e. The van der Waals surface area contributed by atoms with Gasteiger partial charge in [-0.25, -0.2) is 9.79 Å². The normalized spacial score (nSPS) is 12.8. The molecule has 0 amide bonds. The van der Waals surface area contributed by atoms with Gasteiger partial charge in [0.2, 0.25) is 0 Å². The summed E-state index contributed by atoms with van der Waals surface area (Å²) >= 11 is 1.52. The molecule has 1 heterocycles. The average Bonchev–Trinajstić information content (AvgIpc) is 2.98. The van der Waals surface area contributed by atoms with Crippen molar-refractivity contribution in [2.45, 2.75) is 13.0 Å². The Hall–Kier alpha value is -2.86. The number of ether oxygens (including phenoxy) is 1. The summed E-state index contributed by atoms with van der Waals surface area (Å²) in [6.45, 7) is 1.50. The number of carbonyl (C=O) groups is 1. The van der Waals surface area contributed by atoms with E-state index in [1.807, 2.05) is 41.9 Å². The van der Waals surface area contributed by atoms with E-state index in [0.29, 0.717) is 11.4 Å². The number of para-hydroxylation sites is 2. The van der Waals surface area contributed by atoms with Crippen molar-refractivity contribution in [1.29, 1.82) is 0 Å². The fourth-order valence-corrected chi connectivity index (χ4v) is 3.25. The van der Waals surface area contributed by atoms with Crippen molar-refractivity contribution in [3.8, 4) is 17.0 Å². The third-order valence-electron chi connectivity index (χ3n) is 3.73. The summed E-state index contributed by atoms with van der Waals surface area (Å²) in [5, 5.41) is 11.1. The van der Waals surface area contributed by atoms with E-state index in [2.05, 4.69) is 22.5 Å². The van der Waals surface area contributed by atoms with Crippen molar-refractivity contribution in [3.05, 3.63) is 64.8 Å². The van der Waals surface area contributed by atoms with E-state index in [4.69, 9.17) is 9.84 Å². The lowest BCUT2D eigenvalue weighted by atomic mass is 10.2. The number of hydrogen-bond donors (Lipinski definition) is 1. The third-order valence-corrected chi connectivity index (χ3v) is 4.64. The van der Waals surface area contributed by atoms with Gasteiger partial charge in [0.1, 0.15) is 11.4 Å². The molecule has 6 heteroatoms. The van der Waals surface area contributed by atoms with Gasteiger partial charge in [-0.3, -0.25) is 0 Å². The van der Waals surface area contributed by atoms with Crippen LogP contribution in [0.5, 0.6) is 5.75 Å². The molecule has 0 aliphatic heterocycles. The Labute approximate surface area is 149 Å². The SMILES string of the molecule is CC(Oc1ccccc1N=c1scc(-c2ccccc2)n1C)C(=O)O. The van der Waals surface area contributed by atoms with Crippen LogP contribution in [0.25, 0.3) is 11.3 Å². The minimum Gasteiger partial charge on any atom is -0.479 e. The molecule has 0 saturated heterocycles. The van der Waals surface area contributed by atoms with E-state index in [0.717, 1.165) is 16.1 Å². The quantitative estimate of drug-likeness (QED) is 0.757. The van der Waals surface area contributed by atoms with Crippen molar-refractivity contribution < 1.29 is 14.6 Å². The molecule has 5 nitrogen and oxygen atoms in total. The van der Waals surface area contributed by atoms with Crippen molar-refractivity contribution in [2.24, 2.45) is 12.0 Å². The molecular weight excluding hydrogens is 336 g/mol. The maximum atomic E-state index is 11.0. The van der Waals surface area contributed by atoms with Crippen LogP contribution in [0.3, 0.4) is 0 Å². The van der Waals surface area contributed by atoms with Gasteiger partial charge in [0, 0.05) is 12.4 Å². The third kappa shape index (κ3) is 3.80. The van der Waals surface area contributed by atoms with Crippen LogP contribution in [0.1, 0.15) is 6.92 Å². The van der Waals surface area contributed by atoms with Crippen LogP contribution in [-0.4, -0.2) is 21.7 Å². The Bertz CT molecular complexity index is 945. The molecule has 0 aliphatic carbocycles. The summed E-state index contributed by atoms with van der Waals surface area (Å²) in [4.78, 5) is 16.5. The molecule has 25 heavy (non-hydrogen) atoms. The fraction of sp³-hybridized carbons (Fsp3) is 0.158. The number of aromatic nitrogens is 1. The number of nitrogens with zero attached hydrogens (tertiary/aromatic N) is 2. The van der Waals surface area contributed by atoms with Crippen LogP contribution in [-0.2, 0) is 11.8 Å². The largest absolute Gasteiger partial charge is 0.479 e. The summed E-state index contributed by atoms with van der Waals surface area (Å²) in [6.07, 6.45) is -0.937. The molecule has 0 bridgehead atoms. The first kappa shape index (κ1) is 17.0. The molecule has 128 valence electrons. The van der Waals surface area contributed by atoms with Gasteiger partial charge in [-0.05, 0) is 24.6 Å². The second kappa shape index (κ2) is 7.36. The number of hydrogen-bond acceptors (Lipinski definition) is 4. The number of carboxylic acid groups (broad SMARTS) is 1. The van der Waals surface area contributed by atoms with Crippen LogP contribution >= 0.6 is 11.3 Å². The molecule has 1 atom stereocenters. The first-order valence-corrected chi connectivity index (χ1v) is 8.67. The molecule has 3 aromatic rings. The molecule has 1 unspecified atom stereocenters. The lowest BCUT2D eigenvalue weighted by Gasteiger charge is -2.12. The topological polar surface area (TPSA) is 63.8 Å². The van der Waals surface area contributed by atoms with Gasteiger partial charge in [-0.1, -0.05) is 42.5 Å². The Morgan fingerprint density at radius 3 is 2.56 bits per heavy atom. The molecule has 0 aliphatic rings. The van der Waals surface area contributed by atoms with Gasteiger partial charge in [-0.2, -0.15) is 0 Å². The number of carboxylic acids is 1. The number of aliphatic carboxylic acids is 1.